The Morgan fingerprint density at radius 1 is 1.32 bits per heavy atom. The summed E-state index contributed by atoms with van der Waals surface area (Å²) >= 11 is 0. The normalized spacial score (nSPS) is 11.0. The van der Waals surface area contributed by atoms with Crippen molar-refractivity contribution < 1.29 is 14.5 Å². The van der Waals surface area contributed by atoms with E-state index in [9.17, 15) is 14.9 Å². The number of ether oxygens (including phenoxy) is 1. The molecular formula is C13H18N2O4. The van der Waals surface area contributed by atoms with Gasteiger partial charge in [-0.25, -0.2) is 4.79 Å². The molecule has 0 aliphatic carbocycles. The molecule has 0 aliphatic rings. The summed E-state index contributed by atoms with van der Waals surface area (Å²) in [6.07, 6.45) is -0.709. The van der Waals surface area contributed by atoms with Gasteiger partial charge in [0, 0.05) is 5.56 Å². The van der Waals surface area contributed by atoms with Crippen LogP contribution in [-0.4, -0.2) is 16.6 Å². The number of carbonyl (C=O) groups is 1. The average Bonchev–Trinajstić information content (AvgIpc) is 2.20. The Kier molecular flexibility index (Phi) is 4.14. The van der Waals surface area contributed by atoms with Gasteiger partial charge >= 0.3 is 6.09 Å². The number of nitrogens with zero attached hydrogens (tertiary/aromatic N) is 1. The number of nitrogens with one attached hydrogen (secondary N) is 1. The van der Waals surface area contributed by atoms with Gasteiger partial charge in [-0.2, -0.15) is 0 Å². The van der Waals surface area contributed by atoms with Crippen LogP contribution in [-0.2, 0) is 4.74 Å². The Bertz CT molecular complexity index is 518. The Morgan fingerprint density at radius 3 is 2.37 bits per heavy atom. The number of nitro groups is 1. The Morgan fingerprint density at radius 2 is 1.89 bits per heavy atom. The lowest BCUT2D eigenvalue weighted by Gasteiger charge is -2.19. The minimum absolute atomic E-state index is 0.106. The van der Waals surface area contributed by atoms with Gasteiger partial charge in [0.05, 0.1) is 4.92 Å². The van der Waals surface area contributed by atoms with Crippen molar-refractivity contribution in [3.63, 3.8) is 0 Å². The first-order valence-electron chi connectivity index (χ1n) is 5.86. The molecule has 0 radical (unpaired) electrons. The monoisotopic (exact) mass is 266 g/mol. The summed E-state index contributed by atoms with van der Waals surface area (Å²) in [6.45, 7) is 8.59. The number of anilines is 1. The van der Waals surface area contributed by atoms with Crippen LogP contribution in [0.5, 0.6) is 0 Å². The van der Waals surface area contributed by atoms with Crippen LogP contribution in [0.3, 0.4) is 0 Å². The molecule has 19 heavy (non-hydrogen) atoms. The Labute approximate surface area is 111 Å². The zero-order valence-corrected chi connectivity index (χ0v) is 11.7. The summed E-state index contributed by atoms with van der Waals surface area (Å²) in [5, 5.41) is 13.5. The van der Waals surface area contributed by atoms with E-state index in [1.807, 2.05) is 0 Å². The van der Waals surface area contributed by atoms with Crippen LogP contribution in [0.2, 0.25) is 0 Å². The van der Waals surface area contributed by atoms with E-state index >= 15 is 0 Å². The second kappa shape index (κ2) is 5.26. The van der Waals surface area contributed by atoms with Gasteiger partial charge in [0.1, 0.15) is 11.3 Å². The van der Waals surface area contributed by atoms with Crippen molar-refractivity contribution in [1.82, 2.24) is 0 Å². The first-order valence-corrected chi connectivity index (χ1v) is 5.86. The lowest BCUT2D eigenvalue weighted by Crippen LogP contribution is -2.27. The second-order valence-corrected chi connectivity index (χ2v) is 5.29. The first-order chi connectivity index (χ1) is 8.61. The van der Waals surface area contributed by atoms with E-state index in [0.29, 0.717) is 5.56 Å². The minimum atomic E-state index is -0.709. The highest BCUT2D eigenvalue weighted by molar-refractivity contribution is 5.88. The lowest BCUT2D eigenvalue weighted by atomic mass is 10.1. The third-order valence-electron chi connectivity index (χ3n) is 2.52. The van der Waals surface area contributed by atoms with E-state index in [-0.39, 0.29) is 11.4 Å². The van der Waals surface area contributed by atoms with Crippen molar-refractivity contribution in [2.24, 2.45) is 0 Å². The summed E-state index contributed by atoms with van der Waals surface area (Å²) in [7, 11) is 0. The molecule has 0 atom stereocenters. The van der Waals surface area contributed by atoms with E-state index in [2.05, 4.69) is 5.32 Å². The van der Waals surface area contributed by atoms with Gasteiger partial charge in [-0.1, -0.05) is 6.07 Å². The minimum Gasteiger partial charge on any atom is -0.444 e. The van der Waals surface area contributed by atoms with Gasteiger partial charge in [0.15, 0.2) is 0 Å². The largest absolute Gasteiger partial charge is 0.444 e. The molecular weight excluding hydrogens is 248 g/mol. The molecule has 104 valence electrons. The predicted molar refractivity (Wildman–Crippen MR) is 72.4 cm³/mol. The molecule has 0 fully saturated rings. The van der Waals surface area contributed by atoms with Crippen LogP contribution in [0, 0.1) is 24.0 Å². The molecule has 1 aromatic carbocycles. The van der Waals surface area contributed by atoms with Crippen molar-refractivity contribution in [3.8, 4) is 0 Å². The topological polar surface area (TPSA) is 81.5 Å². The van der Waals surface area contributed by atoms with E-state index in [1.54, 1.807) is 40.7 Å². The van der Waals surface area contributed by atoms with E-state index in [0.717, 1.165) is 5.56 Å². The molecule has 0 unspecified atom stereocenters. The van der Waals surface area contributed by atoms with Crippen molar-refractivity contribution >= 4 is 17.5 Å². The third kappa shape index (κ3) is 3.94. The standard InChI is InChI=1S/C13H18N2O4/c1-8-6-7-10(11(9(8)2)15(17)18)14-12(16)19-13(3,4)5/h6-7H,1-5H3,(H,14,16). The zero-order chi connectivity index (χ0) is 14.8. The van der Waals surface area contributed by atoms with Crippen LogP contribution >= 0.6 is 0 Å². The molecule has 0 aromatic heterocycles. The van der Waals surface area contributed by atoms with E-state index < -0.39 is 16.6 Å². The molecule has 0 spiro atoms. The highest BCUT2D eigenvalue weighted by Crippen LogP contribution is 2.30. The molecule has 6 heteroatoms. The fraction of sp³-hybridized carbons (Fsp3) is 0.462. The fourth-order valence-corrected chi connectivity index (χ4v) is 1.55. The molecule has 1 amide bonds. The number of carbonyl (C=O) groups excluding carboxylic acids is 1. The summed E-state index contributed by atoms with van der Waals surface area (Å²) in [5.74, 6) is 0. The number of rotatable bonds is 2. The summed E-state index contributed by atoms with van der Waals surface area (Å²) in [4.78, 5) is 22.2. The van der Waals surface area contributed by atoms with Gasteiger partial charge < -0.3 is 4.74 Å². The maximum absolute atomic E-state index is 11.6. The molecule has 1 aromatic rings. The van der Waals surface area contributed by atoms with Crippen molar-refractivity contribution in [2.75, 3.05) is 5.32 Å². The average molecular weight is 266 g/mol. The highest BCUT2D eigenvalue weighted by atomic mass is 16.6. The quantitative estimate of drug-likeness (QED) is 0.655. The van der Waals surface area contributed by atoms with E-state index in [4.69, 9.17) is 4.74 Å². The van der Waals surface area contributed by atoms with Crippen LogP contribution in [0.25, 0.3) is 0 Å². The summed E-state index contributed by atoms with van der Waals surface area (Å²) in [6, 6.07) is 3.22. The van der Waals surface area contributed by atoms with Crippen molar-refractivity contribution in [3.05, 3.63) is 33.4 Å². The SMILES string of the molecule is Cc1ccc(NC(=O)OC(C)(C)C)c([N+](=O)[O-])c1C. The highest BCUT2D eigenvalue weighted by Gasteiger charge is 2.23. The number of hydrogen-bond acceptors (Lipinski definition) is 4. The molecule has 6 nitrogen and oxygen atoms in total. The molecule has 1 rings (SSSR count). The van der Waals surface area contributed by atoms with Crippen molar-refractivity contribution in [1.29, 1.82) is 0 Å². The number of aryl methyl sites for hydroxylation is 1. The number of hydrogen-bond donors (Lipinski definition) is 1. The molecule has 1 N–H and O–H groups in total. The number of nitro benzene ring substituents is 1. The predicted octanol–water partition coefficient (Wildman–Crippen LogP) is 3.56. The third-order valence-corrected chi connectivity index (χ3v) is 2.52. The number of benzene rings is 1. The molecule has 0 heterocycles. The molecule has 0 aliphatic heterocycles. The van der Waals surface area contributed by atoms with Gasteiger partial charge in [-0.3, -0.25) is 15.4 Å². The van der Waals surface area contributed by atoms with Gasteiger partial charge in [-0.15, -0.1) is 0 Å². The summed E-state index contributed by atoms with van der Waals surface area (Å²) in [5.41, 5.74) is 0.701. The lowest BCUT2D eigenvalue weighted by molar-refractivity contribution is -0.384. The molecule has 0 saturated carbocycles. The van der Waals surface area contributed by atoms with Gasteiger partial charge in [0.25, 0.3) is 5.69 Å². The first kappa shape index (κ1) is 14.9. The summed E-state index contributed by atoms with van der Waals surface area (Å²) < 4.78 is 5.07. The molecule has 0 saturated heterocycles. The Balaban J connectivity index is 3.05. The second-order valence-electron chi connectivity index (χ2n) is 5.29. The molecule has 0 bridgehead atoms. The Hall–Kier alpha value is -2.11. The number of amides is 1. The van der Waals surface area contributed by atoms with Gasteiger partial charge in [0.2, 0.25) is 0 Å². The van der Waals surface area contributed by atoms with Gasteiger partial charge in [-0.05, 0) is 46.2 Å². The van der Waals surface area contributed by atoms with E-state index in [1.165, 1.54) is 6.07 Å². The van der Waals surface area contributed by atoms with Crippen LogP contribution in [0.1, 0.15) is 31.9 Å². The van der Waals surface area contributed by atoms with Crippen LogP contribution in [0.15, 0.2) is 12.1 Å². The van der Waals surface area contributed by atoms with Crippen LogP contribution < -0.4 is 5.32 Å². The van der Waals surface area contributed by atoms with Crippen molar-refractivity contribution in [2.45, 2.75) is 40.2 Å². The maximum Gasteiger partial charge on any atom is 0.412 e. The maximum atomic E-state index is 11.6. The van der Waals surface area contributed by atoms with Crippen LogP contribution in [0.4, 0.5) is 16.2 Å². The zero-order valence-electron chi connectivity index (χ0n) is 11.7. The smallest absolute Gasteiger partial charge is 0.412 e. The fourth-order valence-electron chi connectivity index (χ4n) is 1.55.